The van der Waals surface area contributed by atoms with E-state index in [4.69, 9.17) is 15.2 Å². The van der Waals surface area contributed by atoms with Gasteiger partial charge in [-0.15, -0.1) is 0 Å². The molecule has 1 unspecified atom stereocenters. The first-order valence-electron chi connectivity index (χ1n) is 10.2. The summed E-state index contributed by atoms with van der Waals surface area (Å²) in [5.74, 6) is -2.60. The topological polar surface area (TPSA) is 147 Å². The van der Waals surface area contributed by atoms with Crippen LogP contribution in [0.3, 0.4) is 0 Å². The number of anilines is 2. The molecule has 4 N–H and O–H groups in total. The van der Waals surface area contributed by atoms with Gasteiger partial charge in [0.25, 0.3) is 0 Å². The fraction of sp³-hybridized carbons (Fsp3) is 0.167. The van der Waals surface area contributed by atoms with Gasteiger partial charge >= 0.3 is 18.0 Å². The number of rotatable bonds is 4. The number of fused-ring (bicyclic) bond motifs is 1. The Morgan fingerprint density at radius 3 is 2.47 bits per heavy atom. The smallest absolute Gasteiger partial charge is 0.355 e. The molecule has 0 fully saturated rings. The van der Waals surface area contributed by atoms with Crippen molar-refractivity contribution in [3.05, 3.63) is 82.3 Å². The van der Waals surface area contributed by atoms with E-state index in [1.54, 1.807) is 48.5 Å². The molecule has 2 aliphatic rings. The minimum absolute atomic E-state index is 0.0304. The molecule has 2 aliphatic heterocycles. The van der Waals surface area contributed by atoms with Crippen LogP contribution in [0.1, 0.15) is 17.0 Å². The molecule has 0 bridgehead atoms. The maximum absolute atomic E-state index is 13.1. The number of nitriles is 1. The van der Waals surface area contributed by atoms with Gasteiger partial charge in [-0.1, -0.05) is 30.3 Å². The number of methoxy groups -OCH3 is 2. The molecule has 2 heterocycles. The highest BCUT2D eigenvalue weighted by molar-refractivity contribution is 6.06. The van der Waals surface area contributed by atoms with E-state index in [0.29, 0.717) is 16.9 Å². The van der Waals surface area contributed by atoms with Crippen LogP contribution < -0.4 is 21.3 Å². The van der Waals surface area contributed by atoms with Crippen molar-refractivity contribution in [2.45, 2.75) is 12.5 Å². The second-order valence-electron chi connectivity index (χ2n) is 7.48. The standard InChI is InChI=1S/C24H21N5O5/c1-33-22(30)19-18(13-6-4-3-5-7-13)16(11-25)21(26)29(20(19)23(31)34-2)15-8-9-17-14(10-15)12-27-24(32)28-17/h3-10,18H,12,26H2,1-2H3,(H2,27,28,32). The number of hydrogen-bond donors (Lipinski definition) is 3. The molecule has 2 aromatic rings. The van der Waals surface area contributed by atoms with Crippen molar-refractivity contribution in [3.8, 4) is 6.07 Å². The summed E-state index contributed by atoms with van der Waals surface area (Å²) < 4.78 is 10.0. The highest BCUT2D eigenvalue weighted by atomic mass is 16.5. The van der Waals surface area contributed by atoms with E-state index in [-0.39, 0.29) is 35.2 Å². The molecule has 0 saturated heterocycles. The Bertz CT molecular complexity index is 1290. The van der Waals surface area contributed by atoms with Gasteiger partial charge in [-0.3, -0.25) is 4.90 Å². The van der Waals surface area contributed by atoms with Crippen LogP contribution in [0.15, 0.2) is 71.2 Å². The number of amides is 2. The monoisotopic (exact) mass is 459 g/mol. The average Bonchev–Trinajstić information content (AvgIpc) is 2.87. The first kappa shape index (κ1) is 22.4. The third-order valence-corrected chi connectivity index (χ3v) is 5.64. The summed E-state index contributed by atoms with van der Waals surface area (Å²) in [6, 6.07) is 15.5. The second kappa shape index (κ2) is 8.99. The summed E-state index contributed by atoms with van der Waals surface area (Å²) >= 11 is 0. The van der Waals surface area contributed by atoms with Crippen molar-refractivity contribution in [3.63, 3.8) is 0 Å². The molecule has 10 heteroatoms. The van der Waals surface area contributed by atoms with Crippen molar-refractivity contribution < 1.29 is 23.9 Å². The third kappa shape index (κ3) is 3.69. The summed E-state index contributed by atoms with van der Waals surface area (Å²) in [4.78, 5) is 39.1. The minimum Gasteiger partial charge on any atom is -0.466 e. The van der Waals surface area contributed by atoms with Crippen LogP contribution in [0.25, 0.3) is 0 Å². The molecule has 0 aromatic heterocycles. The molecule has 0 saturated carbocycles. The van der Waals surface area contributed by atoms with E-state index in [1.165, 1.54) is 19.1 Å². The highest BCUT2D eigenvalue weighted by Gasteiger charge is 2.43. The Balaban J connectivity index is 2.00. The molecular formula is C24H21N5O5. The van der Waals surface area contributed by atoms with E-state index in [9.17, 15) is 19.6 Å². The lowest BCUT2D eigenvalue weighted by Gasteiger charge is -2.36. The summed E-state index contributed by atoms with van der Waals surface area (Å²) in [7, 11) is 2.38. The van der Waals surface area contributed by atoms with Crippen LogP contribution in [0.2, 0.25) is 0 Å². The van der Waals surface area contributed by atoms with Gasteiger partial charge in [0.1, 0.15) is 11.5 Å². The molecular weight excluding hydrogens is 438 g/mol. The molecule has 0 radical (unpaired) electrons. The largest absolute Gasteiger partial charge is 0.466 e. The highest BCUT2D eigenvalue weighted by Crippen LogP contribution is 2.43. The van der Waals surface area contributed by atoms with Gasteiger partial charge in [0, 0.05) is 17.9 Å². The molecule has 2 amide bonds. The van der Waals surface area contributed by atoms with E-state index in [0.717, 1.165) is 5.56 Å². The van der Waals surface area contributed by atoms with Crippen molar-refractivity contribution in [1.29, 1.82) is 5.26 Å². The third-order valence-electron chi connectivity index (χ3n) is 5.64. The Kier molecular flexibility index (Phi) is 5.93. The summed E-state index contributed by atoms with van der Waals surface area (Å²) in [5.41, 5.74) is 8.61. The maximum atomic E-state index is 13.1. The molecule has 34 heavy (non-hydrogen) atoms. The Labute approximate surface area is 195 Å². The van der Waals surface area contributed by atoms with E-state index >= 15 is 0 Å². The number of nitrogens with two attached hydrogens (primary N) is 1. The van der Waals surface area contributed by atoms with Gasteiger partial charge in [0.05, 0.1) is 37.4 Å². The van der Waals surface area contributed by atoms with Gasteiger partial charge in [0.15, 0.2) is 0 Å². The Morgan fingerprint density at radius 1 is 1.12 bits per heavy atom. The van der Waals surface area contributed by atoms with Crippen LogP contribution in [-0.4, -0.2) is 32.2 Å². The van der Waals surface area contributed by atoms with Gasteiger partial charge in [-0.2, -0.15) is 5.26 Å². The predicted octanol–water partition coefficient (Wildman–Crippen LogP) is 2.22. The summed E-state index contributed by atoms with van der Waals surface area (Å²) in [5, 5.41) is 15.4. The van der Waals surface area contributed by atoms with Gasteiger partial charge < -0.3 is 25.8 Å². The quantitative estimate of drug-likeness (QED) is 0.590. The summed E-state index contributed by atoms with van der Waals surface area (Å²) in [6.45, 7) is 0.241. The fourth-order valence-corrected chi connectivity index (χ4v) is 4.11. The van der Waals surface area contributed by atoms with Crippen LogP contribution in [0.5, 0.6) is 0 Å². The van der Waals surface area contributed by atoms with Crippen LogP contribution >= 0.6 is 0 Å². The number of carbonyl (C=O) groups is 3. The van der Waals surface area contributed by atoms with E-state index in [2.05, 4.69) is 16.7 Å². The van der Waals surface area contributed by atoms with Crippen LogP contribution in [0.4, 0.5) is 16.2 Å². The molecule has 0 spiro atoms. The van der Waals surface area contributed by atoms with Crippen molar-refractivity contribution in [2.24, 2.45) is 5.73 Å². The van der Waals surface area contributed by atoms with E-state index < -0.39 is 17.9 Å². The Hall–Kier alpha value is -4.78. The van der Waals surface area contributed by atoms with Crippen molar-refractivity contribution >= 4 is 29.3 Å². The average molecular weight is 459 g/mol. The number of nitrogens with one attached hydrogen (secondary N) is 2. The number of hydrogen-bond acceptors (Lipinski definition) is 8. The first-order valence-corrected chi connectivity index (χ1v) is 10.2. The molecule has 1 atom stereocenters. The minimum atomic E-state index is -0.942. The van der Waals surface area contributed by atoms with Gasteiger partial charge in [-0.25, -0.2) is 14.4 Å². The predicted molar refractivity (Wildman–Crippen MR) is 122 cm³/mol. The van der Waals surface area contributed by atoms with Gasteiger partial charge in [0.2, 0.25) is 0 Å². The van der Waals surface area contributed by atoms with Crippen molar-refractivity contribution in [2.75, 3.05) is 24.4 Å². The number of carbonyl (C=O) groups excluding carboxylic acids is 3. The van der Waals surface area contributed by atoms with Crippen molar-refractivity contribution in [1.82, 2.24) is 5.32 Å². The summed E-state index contributed by atoms with van der Waals surface area (Å²) in [6.07, 6.45) is 0. The molecule has 172 valence electrons. The molecule has 2 aromatic carbocycles. The van der Waals surface area contributed by atoms with Crippen LogP contribution in [-0.2, 0) is 25.6 Å². The van der Waals surface area contributed by atoms with Gasteiger partial charge in [-0.05, 0) is 29.3 Å². The number of allylic oxidation sites excluding steroid dienone is 1. The number of nitrogens with zero attached hydrogens (tertiary/aromatic N) is 2. The number of ether oxygens (including phenoxy) is 2. The SMILES string of the molecule is COC(=O)C1=C(C(=O)OC)N(c2ccc3c(c2)CNC(=O)N3)C(N)=C(C#N)C1c1ccccc1. The maximum Gasteiger partial charge on any atom is 0.355 e. The molecule has 0 aliphatic carbocycles. The second-order valence-corrected chi connectivity index (χ2v) is 7.48. The lowest BCUT2D eigenvalue weighted by atomic mass is 9.81. The number of esters is 2. The Morgan fingerprint density at radius 2 is 1.82 bits per heavy atom. The lowest BCUT2D eigenvalue weighted by molar-refractivity contribution is -0.139. The number of benzene rings is 2. The number of urea groups is 1. The zero-order valence-electron chi connectivity index (χ0n) is 18.4. The molecule has 4 rings (SSSR count). The van der Waals surface area contributed by atoms with E-state index in [1.807, 2.05) is 0 Å². The fourth-order valence-electron chi connectivity index (χ4n) is 4.11. The molecule has 10 nitrogen and oxygen atoms in total. The zero-order chi connectivity index (χ0) is 24.4. The first-order chi connectivity index (χ1) is 16.4. The lowest BCUT2D eigenvalue weighted by Crippen LogP contribution is -2.41. The zero-order valence-corrected chi connectivity index (χ0v) is 18.4. The normalized spacial score (nSPS) is 17.3. The van der Waals surface area contributed by atoms with Crippen LogP contribution in [0, 0.1) is 11.3 Å².